The fourth-order valence-electron chi connectivity index (χ4n) is 2.65. The summed E-state index contributed by atoms with van der Waals surface area (Å²) in [7, 11) is 0. The standard InChI is InChI=1S/C13H17N5/c14-12-11(10-6-3-7-16-8-10)17-13(18(12)15)9-4-1-2-5-9/h3,6-9H,1-2,4-5,14-15H2. The predicted octanol–water partition coefficient (Wildman–Crippen LogP) is 1.90. The van der Waals surface area contributed by atoms with Crippen LogP contribution in [0.1, 0.15) is 37.4 Å². The smallest absolute Gasteiger partial charge is 0.150 e. The summed E-state index contributed by atoms with van der Waals surface area (Å²) in [5.74, 6) is 7.90. The maximum atomic E-state index is 6.05. The van der Waals surface area contributed by atoms with Crippen molar-refractivity contribution in [1.29, 1.82) is 0 Å². The second-order valence-corrected chi connectivity index (χ2v) is 4.80. The Labute approximate surface area is 106 Å². The van der Waals surface area contributed by atoms with E-state index < -0.39 is 0 Å². The largest absolute Gasteiger partial charge is 0.382 e. The van der Waals surface area contributed by atoms with Gasteiger partial charge in [-0.25, -0.2) is 9.66 Å². The topological polar surface area (TPSA) is 82.8 Å². The first-order chi connectivity index (χ1) is 8.77. The van der Waals surface area contributed by atoms with Crippen molar-refractivity contribution in [1.82, 2.24) is 14.6 Å². The van der Waals surface area contributed by atoms with Crippen LogP contribution in [0.4, 0.5) is 5.82 Å². The third-order valence-corrected chi connectivity index (χ3v) is 3.63. The van der Waals surface area contributed by atoms with Crippen LogP contribution in [0.25, 0.3) is 11.3 Å². The number of imidazole rings is 1. The normalized spacial score (nSPS) is 16.2. The van der Waals surface area contributed by atoms with Crippen molar-refractivity contribution >= 4 is 5.82 Å². The Morgan fingerprint density at radius 3 is 2.72 bits per heavy atom. The van der Waals surface area contributed by atoms with Gasteiger partial charge in [-0.15, -0.1) is 0 Å². The van der Waals surface area contributed by atoms with Crippen LogP contribution in [0.5, 0.6) is 0 Å². The molecule has 2 aromatic rings. The summed E-state index contributed by atoms with van der Waals surface area (Å²) < 4.78 is 1.54. The van der Waals surface area contributed by atoms with Gasteiger partial charge in [0.05, 0.1) is 0 Å². The lowest BCUT2D eigenvalue weighted by atomic mass is 10.1. The van der Waals surface area contributed by atoms with E-state index in [1.165, 1.54) is 12.8 Å². The minimum Gasteiger partial charge on any atom is -0.382 e. The van der Waals surface area contributed by atoms with Gasteiger partial charge >= 0.3 is 0 Å². The molecule has 2 heterocycles. The molecule has 18 heavy (non-hydrogen) atoms. The summed E-state index contributed by atoms with van der Waals surface area (Å²) >= 11 is 0. The number of nitrogen functional groups attached to an aromatic ring is 2. The fourth-order valence-corrected chi connectivity index (χ4v) is 2.65. The fraction of sp³-hybridized carbons (Fsp3) is 0.385. The van der Waals surface area contributed by atoms with Crippen LogP contribution in [-0.4, -0.2) is 14.6 Å². The highest BCUT2D eigenvalue weighted by molar-refractivity contribution is 5.70. The molecule has 4 N–H and O–H groups in total. The molecule has 0 spiro atoms. The van der Waals surface area contributed by atoms with E-state index in [0.717, 1.165) is 29.9 Å². The molecular formula is C13H17N5. The van der Waals surface area contributed by atoms with Crippen molar-refractivity contribution in [3.05, 3.63) is 30.4 Å². The lowest BCUT2D eigenvalue weighted by Gasteiger charge is -2.08. The number of nitrogens with two attached hydrogens (primary N) is 2. The second-order valence-electron chi connectivity index (χ2n) is 4.80. The van der Waals surface area contributed by atoms with E-state index >= 15 is 0 Å². The molecule has 5 heteroatoms. The number of rotatable bonds is 2. The van der Waals surface area contributed by atoms with Crippen molar-refractivity contribution in [2.45, 2.75) is 31.6 Å². The molecule has 1 aliphatic carbocycles. The van der Waals surface area contributed by atoms with Crippen molar-refractivity contribution in [2.24, 2.45) is 0 Å². The van der Waals surface area contributed by atoms with Gasteiger partial charge in [-0.3, -0.25) is 4.98 Å². The average molecular weight is 243 g/mol. The van der Waals surface area contributed by atoms with Crippen LogP contribution in [0.3, 0.4) is 0 Å². The van der Waals surface area contributed by atoms with Crippen LogP contribution >= 0.6 is 0 Å². The number of hydrogen-bond acceptors (Lipinski definition) is 4. The summed E-state index contributed by atoms with van der Waals surface area (Å²) in [6.07, 6.45) is 8.30. The van der Waals surface area contributed by atoms with Crippen LogP contribution in [-0.2, 0) is 0 Å². The van der Waals surface area contributed by atoms with E-state index in [2.05, 4.69) is 9.97 Å². The highest BCUT2D eigenvalue weighted by Crippen LogP contribution is 2.36. The van der Waals surface area contributed by atoms with Gasteiger partial charge in [-0.2, -0.15) is 0 Å². The van der Waals surface area contributed by atoms with Gasteiger partial charge < -0.3 is 11.6 Å². The molecule has 94 valence electrons. The highest BCUT2D eigenvalue weighted by Gasteiger charge is 2.24. The summed E-state index contributed by atoms with van der Waals surface area (Å²) in [4.78, 5) is 8.73. The minimum absolute atomic E-state index is 0.447. The summed E-state index contributed by atoms with van der Waals surface area (Å²) in [6.45, 7) is 0. The predicted molar refractivity (Wildman–Crippen MR) is 71.2 cm³/mol. The second kappa shape index (κ2) is 4.33. The lowest BCUT2D eigenvalue weighted by molar-refractivity contribution is 0.648. The monoisotopic (exact) mass is 243 g/mol. The van der Waals surface area contributed by atoms with Gasteiger partial charge in [0.2, 0.25) is 0 Å². The van der Waals surface area contributed by atoms with Crippen LogP contribution in [0.15, 0.2) is 24.5 Å². The molecule has 1 fully saturated rings. The Kier molecular flexibility index (Phi) is 2.66. The third-order valence-electron chi connectivity index (χ3n) is 3.63. The zero-order valence-corrected chi connectivity index (χ0v) is 10.2. The number of hydrogen-bond donors (Lipinski definition) is 2. The number of anilines is 1. The number of nitrogens with zero attached hydrogens (tertiary/aromatic N) is 3. The molecule has 0 saturated heterocycles. The molecule has 1 saturated carbocycles. The first-order valence-corrected chi connectivity index (χ1v) is 6.31. The third kappa shape index (κ3) is 1.72. The van der Waals surface area contributed by atoms with Crippen molar-refractivity contribution < 1.29 is 0 Å². The van der Waals surface area contributed by atoms with Crippen molar-refractivity contribution in [2.75, 3.05) is 11.6 Å². The van der Waals surface area contributed by atoms with Gasteiger partial charge in [0.1, 0.15) is 11.5 Å². The Balaban J connectivity index is 2.04. The van der Waals surface area contributed by atoms with Crippen molar-refractivity contribution in [3.8, 4) is 11.3 Å². The van der Waals surface area contributed by atoms with E-state index in [9.17, 15) is 0 Å². The van der Waals surface area contributed by atoms with Crippen molar-refractivity contribution in [3.63, 3.8) is 0 Å². The quantitative estimate of drug-likeness (QED) is 0.789. The van der Waals surface area contributed by atoms with Gasteiger partial charge in [0.25, 0.3) is 0 Å². The van der Waals surface area contributed by atoms with Gasteiger partial charge in [-0.05, 0) is 25.0 Å². The van der Waals surface area contributed by atoms with E-state index in [-0.39, 0.29) is 0 Å². The molecular weight excluding hydrogens is 226 g/mol. The van der Waals surface area contributed by atoms with E-state index in [0.29, 0.717) is 11.7 Å². The summed E-state index contributed by atoms with van der Waals surface area (Å²) in [6, 6.07) is 3.82. The Hall–Kier alpha value is -2.04. The maximum Gasteiger partial charge on any atom is 0.150 e. The highest BCUT2D eigenvalue weighted by atomic mass is 15.4. The maximum absolute atomic E-state index is 6.05. The average Bonchev–Trinajstić information content (AvgIpc) is 3.01. The molecule has 2 aromatic heterocycles. The molecule has 1 aliphatic rings. The summed E-state index contributed by atoms with van der Waals surface area (Å²) in [5.41, 5.74) is 7.71. The van der Waals surface area contributed by atoms with Gasteiger partial charge in [0, 0.05) is 23.9 Å². The van der Waals surface area contributed by atoms with E-state index in [1.54, 1.807) is 17.1 Å². The first kappa shape index (κ1) is 11.1. The van der Waals surface area contributed by atoms with E-state index in [1.807, 2.05) is 12.1 Å². The Morgan fingerprint density at radius 2 is 2.06 bits per heavy atom. The van der Waals surface area contributed by atoms with Crippen LogP contribution in [0, 0.1) is 0 Å². The zero-order valence-electron chi connectivity index (χ0n) is 10.2. The molecule has 5 nitrogen and oxygen atoms in total. The molecule has 3 rings (SSSR count). The molecule has 0 aromatic carbocycles. The van der Waals surface area contributed by atoms with Crippen LogP contribution < -0.4 is 11.6 Å². The lowest BCUT2D eigenvalue weighted by Crippen LogP contribution is -2.17. The number of pyridine rings is 1. The van der Waals surface area contributed by atoms with E-state index in [4.69, 9.17) is 11.6 Å². The molecule has 0 bridgehead atoms. The Morgan fingerprint density at radius 1 is 1.28 bits per heavy atom. The number of aromatic nitrogens is 3. The molecule has 0 aliphatic heterocycles. The molecule has 0 unspecified atom stereocenters. The summed E-state index contributed by atoms with van der Waals surface area (Å²) in [5, 5.41) is 0. The van der Waals surface area contributed by atoms with Crippen LogP contribution in [0.2, 0.25) is 0 Å². The first-order valence-electron chi connectivity index (χ1n) is 6.31. The SMILES string of the molecule is Nc1c(-c2cccnc2)nc(C2CCCC2)n1N. The minimum atomic E-state index is 0.447. The van der Waals surface area contributed by atoms with Gasteiger partial charge in [0.15, 0.2) is 5.82 Å². The molecule has 0 radical (unpaired) electrons. The molecule has 0 amide bonds. The zero-order chi connectivity index (χ0) is 12.5. The van der Waals surface area contributed by atoms with Gasteiger partial charge in [-0.1, -0.05) is 12.8 Å². The Bertz CT molecular complexity index is 540. The molecule has 0 atom stereocenters.